The van der Waals surface area contributed by atoms with E-state index < -0.39 is 0 Å². The minimum atomic E-state index is -0.221. The molecule has 0 fully saturated rings. The predicted molar refractivity (Wildman–Crippen MR) is 81.7 cm³/mol. The first-order valence-corrected chi connectivity index (χ1v) is 6.63. The van der Waals surface area contributed by atoms with Crippen LogP contribution in [-0.4, -0.2) is 17.1 Å². The highest BCUT2D eigenvalue weighted by atomic mass is 16.5. The largest absolute Gasteiger partial charge is 0.495 e. The molecule has 3 rings (SSSR count). The average Bonchev–Trinajstić information content (AvgIpc) is 2.56. The molecule has 106 valence electrons. The van der Waals surface area contributed by atoms with E-state index in [9.17, 15) is 0 Å². The van der Waals surface area contributed by atoms with Gasteiger partial charge >= 0.3 is 0 Å². The molecule has 2 heterocycles. The lowest BCUT2D eigenvalue weighted by molar-refractivity contribution is 0.402. The number of rotatable bonds is 4. The van der Waals surface area contributed by atoms with Crippen molar-refractivity contribution in [2.45, 2.75) is 6.04 Å². The zero-order chi connectivity index (χ0) is 14.7. The Morgan fingerprint density at radius 3 is 2.76 bits per heavy atom. The third-order valence-corrected chi connectivity index (χ3v) is 3.49. The fraction of sp³-hybridized carbons (Fsp3) is 0.125. The Morgan fingerprint density at radius 2 is 1.95 bits per heavy atom. The molecule has 1 aromatic carbocycles. The Hall–Kier alpha value is -2.50. The number of nitrogens with zero attached hydrogens (tertiary/aromatic N) is 2. The molecule has 0 saturated carbocycles. The van der Waals surface area contributed by atoms with Crippen molar-refractivity contribution < 1.29 is 4.74 Å². The minimum absolute atomic E-state index is 0.221. The van der Waals surface area contributed by atoms with E-state index in [1.807, 2.05) is 36.4 Å². The van der Waals surface area contributed by atoms with Crippen molar-refractivity contribution >= 4 is 10.9 Å². The standard InChI is InChI=1S/C16H16N4O/c1-21-14-10-18-9-7-12(14)16(20-17)13-6-2-4-11-5-3-8-19-15(11)13/h2-10,16,20H,17H2,1H3. The SMILES string of the molecule is COc1cnccc1C(NN)c1cccc2cccnc12. The van der Waals surface area contributed by atoms with Crippen LogP contribution < -0.4 is 16.0 Å². The fourth-order valence-corrected chi connectivity index (χ4v) is 2.51. The molecule has 0 radical (unpaired) electrons. The van der Waals surface area contributed by atoms with Gasteiger partial charge in [-0.2, -0.15) is 0 Å². The van der Waals surface area contributed by atoms with Crippen molar-refractivity contribution in [2.75, 3.05) is 7.11 Å². The van der Waals surface area contributed by atoms with Crippen LogP contribution in [0.3, 0.4) is 0 Å². The van der Waals surface area contributed by atoms with E-state index in [-0.39, 0.29) is 6.04 Å². The molecule has 1 atom stereocenters. The number of methoxy groups -OCH3 is 1. The second kappa shape index (κ2) is 5.87. The van der Waals surface area contributed by atoms with Crippen LogP contribution in [0.1, 0.15) is 17.2 Å². The van der Waals surface area contributed by atoms with E-state index in [0.717, 1.165) is 22.0 Å². The lowest BCUT2D eigenvalue weighted by Gasteiger charge is -2.20. The number of ether oxygens (including phenoxy) is 1. The summed E-state index contributed by atoms with van der Waals surface area (Å²) < 4.78 is 5.38. The van der Waals surface area contributed by atoms with Crippen LogP contribution in [0.5, 0.6) is 5.75 Å². The van der Waals surface area contributed by atoms with E-state index in [2.05, 4.69) is 15.4 Å². The van der Waals surface area contributed by atoms with Gasteiger partial charge in [0.15, 0.2) is 0 Å². The molecule has 3 aromatic rings. The summed E-state index contributed by atoms with van der Waals surface area (Å²) in [7, 11) is 1.62. The Balaban J connectivity index is 2.19. The molecule has 0 bridgehead atoms. The first-order chi connectivity index (χ1) is 10.3. The van der Waals surface area contributed by atoms with Crippen molar-refractivity contribution in [3.05, 3.63) is 66.1 Å². The summed E-state index contributed by atoms with van der Waals surface area (Å²) >= 11 is 0. The highest BCUT2D eigenvalue weighted by Gasteiger charge is 2.19. The Bertz CT molecular complexity index is 755. The van der Waals surface area contributed by atoms with Crippen molar-refractivity contribution in [3.63, 3.8) is 0 Å². The van der Waals surface area contributed by atoms with Crippen LogP contribution in [-0.2, 0) is 0 Å². The van der Waals surface area contributed by atoms with Gasteiger partial charge in [-0.15, -0.1) is 0 Å². The highest BCUT2D eigenvalue weighted by molar-refractivity contribution is 5.82. The molecule has 0 amide bonds. The van der Waals surface area contributed by atoms with Crippen LogP contribution in [0.2, 0.25) is 0 Å². The van der Waals surface area contributed by atoms with Crippen molar-refractivity contribution in [1.82, 2.24) is 15.4 Å². The number of nitrogens with one attached hydrogen (secondary N) is 1. The van der Waals surface area contributed by atoms with Gasteiger partial charge in [0.2, 0.25) is 0 Å². The molecule has 1 unspecified atom stereocenters. The van der Waals surface area contributed by atoms with Gasteiger partial charge < -0.3 is 4.74 Å². The molecule has 0 aliphatic rings. The summed E-state index contributed by atoms with van der Waals surface area (Å²) in [5.74, 6) is 6.49. The van der Waals surface area contributed by atoms with Gasteiger partial charge in [-0.3, -0.25) is 15.8 Å². The molecule has 21 heavy (non-hydrogen) atoms. The third kappa shape index (κ3) is 2.44. The molecular weight excluding hydrogens is 264 g/mol. The van der Waals surface area contributed by atoms with E-state index >= 15 is 0 Å². The summed E-state index contributed by atoms with van der Waals surface area (Å²) in [5, 5.41) is 1.07. The molecule has 0 saturated heterocycles. The summed E-state index contributed by atoms with van der Waals surface area (Å²) in [4.78, 5) is 8.56. The molecular formula is C16H16N4O. The summed E-state index contributed by atoms with van der Waals surface area (Å²) in [5.41, 5.74) is 5.70. The molecule has 5 heteroatoms. The Labute approximate surface area is 122 Å². The maximum absolute atomic E-state index is 5.80. The van der Waals surface area contributed by atoms with E-state index in [0.29, 0.717) is 5.75 Å². The van der Waals surface area contributed by atoms with Crippen molar-refractivity contribution in [3.8, 4) is 5.75 Å². The monoisotopic (exact) mass is 280 g/mol. The zero-order valence-corrected chi connectivity index (χ0v) is 11.7. The topological polar surface area (TPSA) is 73.1 Å². The number of para-hydroxylation sites is 1. The van der Waals surface area contributed by atoms with Crippen LogP contribution in [0.4, 0.5) is 0 Å². The number of hydrazine groups is 1. The lowest BCUT2D eigenvalue weighted by atomic mass is 9.97. The van der Waals surface area contributed by atoms with E-state index in [1.165, 1.54) is 0 Å². The number of aromatic nitrogens is 2. The first kappa shape index (κ1) is 13.5. The predicted octanol–water partition coefficient (Wildman–Crippen LogP) is 2.19. The number of hydrogen-bond acceptors (Lipinski definition) is 5. The summed E-state index contributed by atoms with van der Waals surface area (Å²) in [6.07, 6.45) is 5.18. The molecule has 0 aliphatic heterocycles. The second-order valence-electron chi connectivity index (χ2n) is 4.64. The molecule has 3 N–H and O–H groups in total. The van der Waals surface area contributed by atoms with Crippen LogP contribution >= 0.6 is 0 Å². The lowest BCUT2D eigenvalue weighted by Crippen LogP contribution is -2.29. The molecule has 2 aromatic heterocycles. The first-order valence-electron chi connectivity index (χ1n) is 6.63. The normalized spacial score (nSPS) is 12.3. The Kier molecular flexibility index (Phi) is 3.77. The van der Waals surface area contributed by atoms with Gasteiger partial charge in [0.25, 0.3) is 0 Å². The number of pyridine rings is 2. The molecule has 0 spiro atoms. The van der Waals surface area contributed by atoms with Gasteiger partial charge in [0.05, 0.1) is 24.9 Å². The van der Waals surface area contributed by atoms with E-state index in [1.54, 1.807) is 25.7 Å². The van der Waals surface area contributed by atoms with Gasteiger partial charge in [0, 0.05) is 28.9 Å². The molecule has 0 aliphatic carbocycles. The van der Waals surface area contributed by atoms with Crippen molar-refractivity contribution in [1.29, 1.82) is 0 Å². The summed E-state index contributed by atoms with van der Waals surface area (Å²) in [6, 6.07) is 11.7. The van der Waals surface area contributed by atoms with E-state index in [4.69, 9.17) is 10.6 Å². The number of fused-ring (bicyclic) bond motifs is 1. The zero-order valence-electron chi connectivity index (χ0n) is 11.7. The highest BCUT2D eigenvalue weighted by Crippen LogP contribution is 2.31. The quantitative estimate of drug-likeness (QED) is 0.566. The second-order valence-corrected chi connectivity index (χ2v) is 4.64. The Morgan fingerprint density at radius 1 is 1.10 bits per heavy atom. The maximum atomic E-state index is 5.80. The van der Waals surface area contributed by atoms with Crippen molar-refractivity contribution in [2.24, 2.45) is 5.84 Å². The smallest absolute Gasteiger partial charge is 0.142 e. The van der Waals surface area contributed by atoms with Crippen LogP contribution in [0.15, 0.2) is 55.0 Å². The van der Waals surface area contributed by atoms with Crippen LogP contribution in [0.25, 0.3) is 10.9 Å². The minimum Gasteiger partial charge on any atom is -0.495 e. The number of hydrogen-bond donors (Lipinski definition) is 2. The van der Waals surface area contributed by atoms with Gasteiger partial charge in [-0.1, -0.05) is 24.3 Å². The maximum Gasteiger partial charge on any atom is 0.142 e. The number of nitrogens with two attached hydrogens (primary N) is 1. The van der Waals surface area contributed by atoms with Gasteiger partial charge in [-0.25, -0.2) is 5.43 Å². The average molecular weight is 280 g/mol. The summed E-state index contributed by atoms with van der Waals surface area (Å²) in [6.45, 7) is 0. The van der Waals surface area contributed by atoms with Gasteiger partial charge in [-0.05, 0) is 12.1 Å². The molecule has 5 nitrogen and oxygen atoms in total. The third-order valence-electron chi connectivity index (χ3n) is 3.49. The van der Waals surface area contributed by atoms with Gasteiger partial charge in [0.1, 0.15) is 5.75 Å². The van der Waals surface area contributed by atoms with Crippen LogP contribution in [0, 0.1) is 0 Å². The number of benzene rings is 1. The fourth-order valence-electron chi connectivity index (χ4n) is 2.51.